The number of fused-ring (bicyclic) bond motifs is 8. The van der Waals surface area contributed by atoms with E-state index in [-0.39, 0.29) is 0 Å². The molecule has 7 aromatic carbocycles. The molecule has 47 heavy (non-hydrogen) atoms. The highest BCUT2D eigenvalue weighted by molar-refractivity contribution is 7.26. The number of para-hydroxylation sites is 2. The molecule has 0 saturated heterocycles. The van der Waals surface area contributed by atoms with E-state index in [1.165, 1.54) is 80.8 Å². The molecule has 0 bridgehead atoms. The summed E-state index contributed by atoms with van der Waals surface area (Å²) in [6.07, 6.45) is 2.19. The second kappa shape index (κ2) is 10.3. The van der Waals surface area contributed by atoms with Gasteiger partial charge in [0.15, 0.2) is 0 Å². The van der Waals surface area contributed by atoms with Gasteiger partial charge >= 0.3 is 0 Å². The van der Waals surface area contributed by atoms with E-state index < -0.39 is 0 Å². The first kappa shape index (κ1) is 26.3. The first-order valence-corrected chi connectivity index (χ1v) is 16.8. The highest BCUT2D eigenvalue weighted by atomic mass is 32.1. The maximum atomic E-state index is 2.42. The molecule has 3 aromatic heterocycles. The zero-order chi connectivity index (χ0) is 30.9. The van der Waals surface area contributed by atoms with Crippen molar-refractivity contribution >= 4 is 64.2 Å². The third-order valence-electron chi connectivity index (χ3n) is 9.59. The minimum absolute atomic E-state index is 1.16. The normalized spacial score (nSPS) is 11.8. The van der Waals surface area contributed by atoms with Gasteiger partial charge in [0, 0.05) is 53.9 Å². The lowest BCUT2D eigenvalue weighted by Gasteiger charge is -2.10. The smallest absolute Gasteiger partial charge is 0.0548 e. The van der Waals surface area contributed by atoms with Crippen LogP contribution < -0.4 is 0 Å². The van der Waals surface area contributed by atoms with Gasteiger partial charge in [0.05, 0.1) is 16.6 Å². The Labute approximate surface area is 276 Å². The summed E-state index contributed by atoms with van der Waals surface area (Å²) in [6, 6.07) is 59.5. The van der Waals surface area contributed by atoms with E-state index in [0.717, 1.165) is 5.69 Å². The molecule has 0 fully saturated rings. The zero-order valence-electron chi connectivity index (χ0n) is 25.5. The molecule has 0 amide bonds. The van der Waals surface area contributed by atoms with E-state index in [0.29, 0.717) is 0 Å². The fraction of sp³-hybridized carbons (Fsp3) is 0. The quantitative estimate of drug-likeness (QED) is 0.186. The minimum Gasteiger partial charge on any atom is -0.317 e. The molecule has 0 aliphatic rings. The van der Waals surface area contributed by atoms with Crippen molar-refractivity contribution in [3.05, 3.63) is 170 Å². The highest BCUT2D eigenvalue weighted by Crippen LogP contribution is 2.44. The number of benzene rings is 7. The van der Waals surface area contributed by atoms with Gasteiger partial charge in [-0.15, -0.1) is 11.3 Å². The summed E-state index contributed by atoms with van der Waals surface area (Å²) in [7, 11) is 0. The summed E-state index contributed by atoms with van der Waals surface area (Å²) >= 11 is 1.90. The van der Waals surface area contributed by atoms with Crippen molar-refractivity contribution < 1.29 is 0 Å². The van der Waals surface area contributed by atoms with E-state index >= 15 is 0 Å². The van der Waals surface area contributed by atoms with Gasteiger partial charge < -0.3 is 9.13 Å². The lowest BCUT2D eigenvalue weighted by atomic mass is 10.00. The van der Waals surface area contributed by atoms with E-state index in [2.05, 4.69) is 179 Å². The van der Waals surface area contributed by atoms with Crippen LogP contribution in [-0.2, 0) is 0 Å². The molecule has 220 valence electrons. The second-order valence-corrected chi connectivity index (χ2v) is 13.2. The number of thiophene rings is 1. The number of nitrogens with zero attached hydrogens (tertiary/aromatic N) is 2. The van der Waals surface area contributed by atoms with Crippen LogP contribution >= 0.6 is 11.3 Å². The topological polar surface area (TPSA) is 9.86 Å². The molecular weight excluding hydrogens is 589 g/mol. The van der Waals surface area contributed by atoms with Crippen LogP contribution in [0.25, 0.3) is 86.5 Å². The molecule has 10 aromatic rings. The maximum Gasteiger partial charge on any atom is 0.0548 e. The van der Waals surface area contributed by atoms with Crippen LogP contribution in [0.4, 0.5) is 0 Å². The van der Waals surface area contributed by atoms with Crippen molar-refractivity contribution in [2.75, 3.05) is 0 Å². The Hall–Kier alpha value is -5.90. The number of hydrogen-bond acceptors (Lipinski definition) is 1. The largest absolute Gasteiger partial charge is 0.317 e. The zero-order valence-corrected chi connectivity index (χ0v) is 26.3. The number of rotatable bonds is 4. The molecule has 0 N–H and O–H groups in total. The summed E-state index contributed by atoms with van der Waals surface area (Å²) in [4.78, 5) is 0. The summed E-state index contributed by atoms with van der Waals surface area (Å²) in [5.41, 5.74) is 11.1. The summed E-state index contributed by atoms with van der Waals surface area (Å²) in [5.74, 6) is 0. The minimum atomic E-state index is 1.16. The van der Waals surface area contributed by atoms with Gasteiger partial charge in [0.25, 0.3) is 0 Å². The van der Waals surface area contributed by atoms with E-state index in [1.807, 2.05) is 11.3 Å². The van der Waals surface area contributed by atoms with Gasteiger partial charge in [0.2, 0.25) is 0 Å². The lowest BCUT2D eigenvalue weighted by molar-refractivity contribution is 1.13. The van der Waals surface area contributed by atoms with Crippen LogP contribution in [-0.4, -0.2) is 9.13 Å². The van der Waals surface area contributed by atoms with Crippen LogP contribution in [0.15, 0.2) is 170 Å². The van der Waals surface area contributed by atoms with Crippen LogP contribution in [0.5, 0.6) is 0 Å². The predicted molar refractivity (Wildman–Crippen MR) is 201 cm³/mol. The third-order valence-corrected chi connectivity index (χ3v) is 10.9. The van der Waals surface area contributed by atoms with Gasteiger partial charge in [-0.05, 0) is 70.8 Å². The molecule has 3 heterocycles. The van der Waals surface area contributed by atoms with E-state index in [9.17, 15) is 0 Å². The number of aromatic nitrogens is 2. The lowest BCUT2D eigenvalue weighted by Crippen LogP contribution is -1.94. The SMILES string of the molecule is c1ccc(-c2cccc3c2sc2c(-c4ccc(-n5c6ccccc6c6c7ccn(-c8ccccc8)c7ccc65)cc4)cccc23)cc1. The molecule has 0 atom stereocenters. The van der Waals surface area contributed by atoms with E-state index in [1.54, 1.807) is 0 Å². The average molecular weight is 617 g/mol. The van der Waals surface area contributed by atoms with Crippen LogP contribution in [0, 0.1) is 0 Å². The molecule has 10 rings (SSSR count). The van der Waals surface area contributed by atoms with Gasteiger partial charge in [0.1, 0.15) is 0 Å². The van der Waals surface area contributed by atoms with Crippen molar-refractivity contribution in [2.24, 2.45) is 0 Å². The van der Waals surface area contributed by atoms with Crippen molar-refractivity contribution in [1.29, 1.82) is 0 Å². The van der Waals surface area contributed by atoms with Crippen molar-refractivity contribution in [1.82, 2.24) is 9.13 Å². The molecule has 0 spiro atoms. The van der Waals surface area contributed by atoms with Gasteiger partial charge in [-0.25, -0.2) is 0 Å². The predicted octanol–water partition coefficient (Wildman–Crippen LogP) is 12.4. The molecule has 0 aliphatic heterocycles. The highest BCUT2D eigenvalue weighted by Gasteiger charge is 2.18. The Balaban J connectivity index is 1.12. The first-order valence-electron chi connectivity index (χ1n) is 16.0. The van der Waals surface area contributed by atoms with Crippen molar-refractivity contribution in [3.63, 3.8) is 0 Å². The molecule has 3 heteroatoms. The Morgan fingerprint density at radius 3 is 1.66 bits per heavy atom. The van der Waals surface area contributed by atoms with Crippen molar-refractivity contribution in [2.45, 2.75) is 0 Å². The molecule has 0 saturated carbocycles. The van der Waals surface area contributed by atoms with Gasteiger partial charge in [-0.1, -0.05) is 115 Å². The monoisotopic (exact) mass is 616 g/mol. The fourth-order valence-electron chi connectivity index (χ4n) is 7.46. The molecule has 2 nitrogen and oxygen atoms in total. The Bertz CT molecular complexity index is 2760. The van der Waals surface area contributed by atoms with Crippen LogP contribution in [0.1, 0.15) is 0 Å². The molecule has 0 radical (unpaired) electrons. The van der Waals surface area contributed by atoms with Crippen LogP contribution in [0.2, 0.25) is 0 Å². The fourth-order valence-corrected chi connectivity index (χ4v) is 8.83. The summed E-state index contributed by atoms with van der Waals surface area (Å²) < 4.78 is 7.38. The summed E-state index contributed by atoms with van der Waals surface area (Å²) in [5, 5.41) is 6.47. The average Bonchev–Trinajstić information content (AvgIpc) is 3.84. The Morgan fingerprint density at radius 1 is 0.362 bits per heavy atom. The van der Waals surface area contributed by atoms with Gasteiger partial charge in [-0.3, -0.25) is 0 Å². The Kier molecular flexibility index (Phi) is 5.78. The second-order valence-electron chi connectivity index (χ2n) is 12.1. The van der Waals surface area contributed by atoms with Crippen molar-refractivity contribution in [3.8, 4) is 33.6 Å². The first-order chi connectivity index (χ1) is 23.3. The summed E-state index contributed by atoms with van der Waals surface area (Å²) in [6.45, 7) is 0. The number of hydrogen-bond donors (Lipinski definition) is 0. The van der Waals surface area contributed by atoms with E-state index in [4.69, 9.17) is 0 Å². The molecular formula is C44H28N2S. The third kappa shape index (κ3) is 3.97. The van der Waals surface area contributed by atoms with Crippen LogP contribution in [0.3, 0.4) is 0 Å². The Morgan fingerprint density at radius 2 is 0.936 bits per heavy atom. The molecule has 0 unspecified atom stereocenters. The van der Waals surface area contributed by atoms with Gasteiger partial charge in [-0.2, -0.15) is 0 Å². The maximum absolute atomic E-state index is 2.42. The standard InChI is InChI=1S/C44H28N2S/c1-3-11-29(12-4-1)33-16-9-18-35-36-19-10-17-34(44(36)47-43(33)35)30-21-23-32(24-22-30)46-40-20-8-7-15-37(40)42-38-27-28-45(31-13-5-2-6-14-31)39(38)25-26-41(42)46/h1-28H. The molecule has 0 aliphatic carbocycles.